The Kier molecular flexibility index (Phi) is 6.83. The number of nitrogens with one attached hydrogen (secondary N) is 2. The molecular formula is C19H21ClN2O3. The van der Waals surface area contributed by atoms with Crippen LogP contribution >= 0.6 is 11.6 Å². The van der Waals surface area contributed by atoms with Gasteiger partial charge in [0, 0.05) is 16.8 Å². The molecule has 2 aromatic carbocycles. The first-order valence-electron chi connectivity index (χ1n) is 8.07. The molecule has 0 bridgehead atoms. The van der Waals surface area contributed by atoms with Gasteiger partial charge in [0.1, 0.15) is 12.4 Å². The molecule has 0 spiro atoms. The molecule has 0 fully saturated rings. The lowest BCUT2D eigenvalue weighted by atomic mass is 10.2. The van der Waals surface area contributed by atoms with Crippen molar-refractivity contribution >= 4 is 29.1 Å². The summed E-state index contributed by atoms with van der Waals surface area (Å²) in [6, 6.07) is 14.2. The van der Waals surface area contributed by atoms with Gasteiger partial charge in [-0.1, -0.05) is 30.7 Å². The summed E-state index contributed by atoms with van der Waals surface area (Å²) in [5, 5.41) is 5.86. The first-order valence-corrected chi connectivity index (χ1v) is 8.45. The summed E-state index contributed by atoms with van der Waals surface area (Å²) in [6.45, 7) is 4.20. The first kappa shape index (κ1) is 18.8. The van der Waals surface area contributed by atoms with Crippen molar-refractivity contribution in [3.63, 3.8) is 0 Å². The predicted molar refractivity (Wildman–Crippen MR) is 98.8 cm³/mol. The van der Waals surface area contributed by atoms with E-state index >= 15 is 0 Å². The van der Waals surface area contributed by atoms with Crippen molar-refractivity contribution in [2.24, 2.45) is 0 Å². The van der Waals surface area contributed by atoms with Gasteiger partial charge in [0.15, 0.2) is 0 Å². The normalized spacial score (nSPS) is 11.5. The minimum absolute atomic E-state index is 0.0399. The summed E-state index contributed by atoms with van der Waals surface area (Å²) in [5.74, 6) is -0.662. The number of ether oxygens (including phenoxy) is 1. The van der Waals surface area contributed by atoms with Gasteiger partial charge in [-0.3, -0.25) is 9.59 Å². The number of carbonyl (C=O) groups is 2. The molecule has 0 aliphatic heterocycles. The van der Waals surface area contributed by atoms with Crippen molar-refractivity contribution in [1.29, 1.82) is 0 Å². The van der Waals surface area contributed by atoms with E-state index in [1.54, 1.807) is 24.3 Å². The predicted octanol–water partition coefficient (Wildman–Crippen LogP) is 3.77. The zero-order valence-electron chi connectivity index (χ0n) is 14.2. The van der Waals surface area contributed by atoms with Gasteiger partial charge in [-0.2, -0.15) is 0 Å². The molecule has 0 aromatic heterocycles. The van der Waals surface area contributed by atoms with Gasteiger partial charge in [0.05, 0.1) is 0 Å². The Morgan fingerprint density at radius 1 is 1.04 bits per heavy atom. The van der Waals surface area contributed by atoms with E-state index in [0.717, 1.165) is 12.0 Å². The van der Waals surface area contributed by atoms with E-state index in [-0.39, 0.29) is 6.04 Å². The summed E-state index contributed by atoms with van der Waals surface area (Å²) in [6.07, 6.45) is 0.763. The highest BCUT2D eigenvalue weighted by atomic mass is 35.5. The van der Waals surface area contributed by atoms with Gasteiger partial charge in [-0.15, -0.1) is 0 Å². The maximum absolute atomic E-state index is 11.8. The molecule has 1 unspecified atom stereocenters. The van der Waals surface area contributed by atoms with Crippen molar-refractivity contribution in [3.05, 3.63) is 59.1 Å². The van der Waals surface area contributed by atoms with Crippen molar-refractivity contribution in [2.75, 3.05) is 5.32 Å². The molecule has 0 aliphatic carbocycles. The average Bonchev–Trinajstić information content (AvgIpc) is 2.62. The van der Waals surface area contributed by atoms with Gasteiger partial charge < -0.3 is 15.4 Å². The summed E-state index contributed by atoms with van der Waals surface area (Å²) in [7, 11) is 0. The Balaban J connectivity index is 1.85. The van der Waals surface area contributed by atoms with Crippen LogP contribution in [0.15, 0.2) is 48.5 Å². The van der Waals surface area contributed by atoms with Crippen LogP contribution in [0.25, 0.3) is 0 Å². The molecule has 132 valence electrons. The molecule has 0 saturated heterocycles. The smallest absolute Gasteiger partial charge is 0.313 e. The van der Waals surface area contributed by atoms with E-state index < -0.39 is 11.8 Å². The van der Waals surface area contributed by atoms with Crippen LogP contribution in [0, 0.1) is 0 Å². The Morgan fingerprint density at radius 3 is 2.28 bits per heavy atom. The Morgan fingerprint density at radius 2 is 1.68 bits per heavy atom. The van der Waals surface area contributed by atoms with Crippen LogP contribution < -0.4 is 15.4 Å². The standard InChI is InChI=1S/C19H21ClN2O3/c1-3-13(2)21-18(23)19(24)22-16-8-10-17(11-9-16)25-12-14-4-6-15(20)7-5-14/h4-11,13H,3,12H2,1-2H3,(H,21,23)(H,22,24). The van der Waals surface area contributed by atoms with E-state index in [2.05, 4.69) is 10.6 Å². The summed E-state index contributed by atoms with van der Waals surface area (Å²) < 4.78 is 5.67. The maximum atomic E-state index is 11.8. The zero-order valence-corrected chi connectivity index (χ0v) is 15.0. The van der Waals surface area contributed by atoms with Crippen molar-refractivity contribution < 1.29 is 14.3 Å². The van der Waals surface area contributed by atoms with E-state index in [0.29, 0.717) is 23.1 Å². The molecule has 1 atom stereocenters. The second-order valence-corrected chi connectivity index (χ2v) is 6.11. The number of hydrogen-bond acceptors (Lipinski definition) is 3. The molecule has 2 amide bonds. The Hall–Kier alpha value is -2.53. The zero-order chi connectivity index (χ0) is 18.2. The third-order valence-electron chi connectivity index (χ3n) is 3.63. The fourth-order valence-electron chi connectivity index (χ4n) is 1.96. The van der Waals surface area contributed by atoms with Crippen LogP contribution in [0.4, 0.5) is 5.69 Å². The topological polar surface area (TPSA) is 67.4 Å². The van der Waals surface area contributed by atoms with E-state index in [9.17, 15) is 9.59 Å². The maximum Gasteiger partial charge on any atom is 0.313 e. The largest absolute Gasteiger partial charge is 0.489 e. The second kappa shape index (κ2) is 9.08. The van der Waals surface area contributed by atoms with Crippen LogP contribution in [0.1, 0.15) is 25.8 Å². The summed E-state index contributed by atoms with van der Waals surface area (Å²) in [4.78, 5) is 23.5. The lowest BCUT2D eigenvalue weighted by molar-refractivity contribution is -0.136. The molecule has 5 nitrogen and oxygen atoms in total. The van der Waals surface area contributed by atoms with Crippen LogP contribution in [-0.2, 0) is 16.2 Å². The van der Waals surface area contributed by atoms with E-state index in [4.69, 9.17) is 16.3 Å². The summed E-state index contributed by atoms with van der Waals surface area (Å²) in [5.41, 5.74) is 1.53. The number of anilines is 1. The first-order chi connectivity index (χ1) is 12.0. The third kappa shape index (κ3) is 6.12. The second-order valence-electron chi connectivity index (χ2n) is 5.68. The average molecular weight is 361 g/mol. The molecule has 0 radical (unpaired) electrons. The monoisotopic (exact) mass is 360 g/mol. The van der Waals surface area contributed by atoms with Crippen molar-refractivity contribution in [1.82, 2.24) is 5.32 Å². The van der Waals surface area contributed by atoms with Crippen LogP contribution in [0.2, 0.25) is 5.02 Å². The number of benzene rings is 2. The molecule has 25 heavy (non-hydrogen) atoms. The van der Waals surface area contributed by atoms with Crippen molar-refractivity contribution in [3.8, 4) is 5.75 Å². The molecule has 0 saturated carbocycles. The van der Waals surface area contributed by atoms with Gasteiger partial charge >= 0.3 is 11.8 Å². The minimum Gasteiger partial charge on any atom is -0.489 e. The van der Waals surface area contributed by atoms with Gasteiger partial charge in [0.25, 0.3) is 0 Å². The van der Waals surface area contributed by atoms with Crippen LogP contribution in [-0.4, -0.2) is 17.9 Å². The van der Waals surface area contributed by atoms with E-state index in [1.165, 1.54) is 0 Å². The quantitative estimate of drug-likeness (QED) is 0.770. The fourth-order valence-corrected chi connectivity index (χ4v) is 2.09. The SMILES string of the molecule is CCC(C)NC(=O)C(=O)Nc1ccc(OCc2ccc(Cl)cc2)cc1. The third-order valence-corrected chi connectivity index (χ3v) is 3.88. The van der Waals surface area contributed by atoms with Gasteiger partial charge in [0.2, 0.25) is 0 Å². The highest BCUT2D eigenvalue weighted by Gasteiger charge is 2.15. The van der Waals surface area contributed by atoms with Crippen molar-refractivity contribution in [2.45, 2.75) is 32.9 Å². The Bertz CT molecular complexity index is 714. The van der Waals surface area contributed by atoms with Gasteiger partial charge in [-0.05, 0) is 55.3 Å². The Labute approximate surface area is 152 Å². The molecular weight excluding hydrogens is 340 g/mol. The number of amides is 2. The lowest BCUT2D eigenvalue weighted by Crippen LogP contribution is -2.40. The molecule has 2 N–H and O–H groups in total. The highest BCUT2D eigenvalue weighted by Crippen LogP contribution is 2.18. The molecule has 6 heteroatoms. The summed E-state index contributed by atoms with van der Waals surface area (Å²) >= 11 is 5.84. The number of hydrogen-bond donors (Lipinski definition) is 2. The van der Waals surface area contributed by atoms with Crippen LogP contribution in [0.5, 0.6) is 5.75 Å². The van der Waals surface area contributed by atoms with Gasteiger partial charge in [-0.25, -0.2) is 0 Å². The highest BCUT2D eigenvalue weighted by molar-refractivity contribution is 6.39. The molecule has 2 rings (SSSR count). The number of halogens is 1. The number of carbonyl (C=O) groups excluding carboxylic acids is 2. The van der Waals surface area contributed by atoms with E-state index in [1.807, 2.05) is 38.1 Å². The molecule has 0 aliphatic rings. The minimum atomic E-state index is -0.685. The fraction of sp³-hybridized carbons (Fsp3) is 0.263. The molecule has 2 aromatic rings. The molecule has 0 heterocycles. The van der Waals surface area contributed by atoms with Crippen LogP contribution in [0.3, 0.4) is 0 Å². The number of rotatable bonds is 6. The lowest BCUT2D eigenvalue weighted by Gasteiger charge is -2.11.